The van der Waals surface area contributed by atoms with Crippen molar-refractivity contribution in [2.75, 3.05) is 0 Å². The Morgan fingerprint density at radius 2 is 1.20 bits per heavy atom. The first-order chi connectivity index (χ1) is 9.01. The van der Waals surface area contributed by atoms with Gasteiger partial charge in [0.05, 0.1) is 0 Å². The third kappa shape index (κ3) is 2.61. The maximum absolute atomic E-state index is 2.44. The fourth-order valence-corrected chi connectivity index (χ4v) is 3.08. The molecule has 0 unspecified atom stereocenters. The molecular weight excluding hydrogens is 240 g/mol. The van der Waals surface area contributed by atoms with E-state index in [4.69, 9.17) is 0 Å². The zero-order chi connectivity index (χ0) is 15.3. The van der Waals surface area contributed by atoms with Crippen LogP contribution in [0.25, 0.3) is 10.8 Å². The molecule has 0 radical (unpaired) electrons. The van der Waals surface area contributed by atoms with Crippen molar-refractivity contribution in [1.29, 1.82) is 0 Å². The highest BCUT2D eigenvalue weighted by molar-refractivity contribution is 5.91. The van der Waals surface area contributed by atoms with Crippen molar-refractivity contribution in [2.24, 2.45) is 0 Å². The quantitative estimate of drug-likeness (QED) is 0.545. The van der Waals surface area contributed by atoms with Gasteiger partial charge >= 0.3 is 0 Å². The lowest BCUT2D eigenvalue weighted by Crippen LogP contribution is -2.18. The van der Waals surface area contributed by atoms with E-state index in [1.165, 1.54) is 33.0 Å². The Labute approximate surface area is 124 Å². The number of benzene rings is 2. The smallest absolute Gasteiger partial charge is 0.0126 e. The first kappa shape index (κ1) is 15.1. The van der Waals surface area contributed by atoms with Crippen molar-refractivity contribution in [3.05, 3.63) is 46.5 Å². The molecule has 2 aromatic rings. The van der Waals surface area contributed by atoms with Crippen molar-refractivity contribution in [1.82, 2.24) is 0 Å². The molecule has 0 nitrogen and oxygen atoms in total. The van der Waals surface area contributed by atoms with Gasteiger partial charge in [-0.05, 0) is 52.1 Å². The van der Waals surface area contributed by atoms with Crippen LogP contribution in [0.2, 0.25) is 0 Å². The molecule has 0 amide bonds. The SMILES string of the molecule is Cc1ccc2c(C)c(C(C)(C)C)cc(C(C)(C)C)c2c1. The minimum Gasteiger partial charge on any atom is -0.0587 e. The molecule has 0 aliphatic carbocycles. The largest absolute Gasteiger partial charge is 0.0587 e. The molecule has 0 aliphatic heterocycles. The lowest BCUT2D eigenvalue weighted by Gasteiger charge is -2.29. The van der Waals surface area contributed by atoms with Crippen molar-refractivity contribution >= 4 is 10.8 Å². The Bertz CT molecular complexity index is 646. The lowest BCUT2D eigenvalue weighted by molar-refractivity contribution is 0.570. The monoisotopic (exact) mass is 268 g/mol. The van der Waals surface area contributed by atoms with Gasteiger partial charge in [-0.25, -0.2) is 0 Å². The fourth-order valence-electron chi connectivity index (χ4n) is 3.08. The highest BCUT2D eigenvalue weighted by Gasteiger charge is 2.24. The van der Waals surface area contributed by atoms with E-state index in [0.29, 0.717) is 0 Å². The molecule has 0 atom stereocenters. The highest BCUT2D eigenvalue weighted by Crippen LogP contribution is 2.38. The van der Waals surface area contributed by atoms with E-state index in [2.05, 4.69) is 79.7 Å². The van der Waals surface area contributed by atoms with Crippen LogP contribution in [0.5, 0.6) is 0 Å². The number of aryl methyl sites for hydroxylation is 2. The second-order valence-electron chi connectivity index (χ2n) is 8.15. The van der Waals surface area contributed by atoms with E-state index in [1.807, 2.05) is 0 Å². The molecule has 0 heteroatoms. The van der Waals surface area contributed by atoms with Crippen LogP contribution in [-0.4, -0.2) is 0 Å². The molecule has 0 N–H and O–H groups in total. The van der Waals surface area contributed by atoms with E-state index in [1.54, 1.807) is 0 Å². The molecule has 0 bridgehead atoms. The van der Waals surface area contributed by atoms with E-state index in [-0.39, 0.29) is 10.8 Å². The average molecular weight is 268 g/mol. The van der Waals surface area contributed by atoms with Gasteiger partial charge in [0.25, 0.3) is 0 Å². The Morgan fingerprint density at radius 3 is 1.70 bits per heavy atom. The third-order valence-corrected chi connectivity index (χ3v) is 4.18. The molecule has 2 rings (SSSR count). The Hall–Kier alpha value is -1.30. The molecule has 0 saturated heterocycles. The summed E-state index contributed by atoms with van der Waals surface area (Å²) in [6.45, 7) is 18.3. The predicted octanol–water partition coefficient (Wildman–Crippen LogP) is 6.05. The molecule has 108 valence electrons. The predicted molar refractivity (Wildman–Crippen MR) is 90.8 cm³/mol. The summed E-state index contributed by atoms with van der Waals surface area (Å²) in [6.07, 6.45) is 0. The van der Waals surface area contributed by atoms with Crippen molar-refractivity contribution in [3.8, 4) is 0 Å². The summed E-state index contributed by atoms with van der Waals surface area (Å²) < 4.78 is 0. The average Bonchev–Trinajstić information content (AvgIpc) is 2.25. The maximum atomic E-state index is 2.44. The van der Waals surface area contributed by atoms with Gasteiger partial charge in [-0.1, -0.05) is 71.4 Å². The summed E-state index contributed by atoms with van der Waals surface area (Å²) in [5, 5.41) is 2.83. The Kier molecular flexibility index (Phi) is 3.48. The van der Waals surface area contributed by atoms with E-state index in [9.17, 15) is 0 Å². The number of hydrogen-bond acceptors (Lipinski definition) is 0. The van der Waals surface area contributed by atoms with Gasteiger partial charge in [0.1, 0.15) is 0 Å². The summed E-state index contributed by atoms with van der Waals surface area (Å²) in [5.74, 6) is 0. The second kappa shape index (κ2) is 4.62. The number of hydrogen-bond donors (Lipinski definition) is 0. The third-order valence-electron chi connectivity index (χ3n) is 4.18. The molecular formula is C20H28. The van der Waals surface area contributed by atoms with Crippen LogP contribution >= 0.6 is 0 Å². The van der Waals surface area contributed by atoms with Gasteiger partial charge < -0.3 is 0 Å². The zero-order valence-electron chi connectivity index (χ0n) is 14.3. The molecule has 0 heterocycles. The van der Waals surface area contributed by atoms with Gasteiger partial charge in [-0.15, -0.1) is 0 Å². The summed E-state index contributed by atoms with van der Waals surface area (Å²) in [7, 11) is 0. The van der Waals surface area contributed by atoms with Crippen LogP contribution < -0.4 is 0 Å². The lowest BCUT2D eigenvalue weighted by atomic mass is 9.75. The van der Waals surface area contributed by atoms with Crippen LogP contribution in [0.3, 0.4) is 0 Å². The highest BCUT2D eigenvalue weighted by atomic mass is 14.3. The number of fused-ring (bicyclic) bond motifs is 1. The molecule has 0 aliphatic rings. The van der Waals surface area contributed by atoms with Gasteiger partial charge in [-0.2, -0.15) is 0 Å². The first-order valence-corrected chi connectivity index (χ1v) is 7.57. The van der Waals surface area contributed by atoms with Crippen LogP contribution in [0.1, 0.15) is 63.8 Å². The van der Waals surface area contributed by atoms with Gasteiger partial charge in [0, 0.05) is 0 Å². The van der Waals surface area contributed by atoms with Gasteiger partial charge in [0.2, 0.25) is 0 Å². The topological polar surface area (TPSA) is 0 Å². The molecule has 0 spiro atoms. The maximum Gasteiger partial charge on any atom is -0.0126 e. The standard InChI is InChI=1S/C20H28/c1-13-9-10-15-14(2)17(19(3,4)5)12-18(16(15)11-13)20(6,7)8/h9-12H,1-8H3. The van der Waals surface area contributed by atoms with Crippen molar-refractivity contribution in [2.45, 2.75) is 66.2 Å². The van der Waals surface area contributed by atoms with Crippen LogP contribution in [0.15, 0.2) is 24.3 Å². The van der Waals surface area contributed by atoms with Crippen LogP contribution in [-0.2, 0) is 10.8 Å². The van der Waals surface area contributed by atoms with Crippen LogP contribution in [0, 0.1) is 13.8 Å². The Balaban J connectivity index is 2.96. The van der Waals surface area contributed by atoms with E-state index in [0.717, 1.165) is 0 Å². The van der Waals surface area contributed by atoms with Crippen molar-refractivity contribution in [3.63, 3.8) is 0 Å². The minimum absolute atomic E-state index is 0.166. The summed E-state index contributed by atoms with van der Waals surface area (Å²) in [6, 6.07) is 9.31. The van der Waals surface area contributed by atoms with E-state index < -0.39 is 0 Å². The number of rotatable bonds is 0. The van der Waals surface area contributed by atoms with Crippen LogP contribution in [0.4, 0.5) is 0 Å². The molecule has 20 heavy (non-hydrogen) atoms. The summed E-state index contributed by atoms with van der Waals surface area (Å²) >= 11 is 0. The van der Waals surface area contributed by atoms with Crippen molar-refractivity contribution < 1.29 is 0 Å². The molecule has 0 saturated carbocycles. The van der Waals surface area contributed by atoms with Gasteiger partial charge in [-0.3, -0.25) is 0 Å². The van der Waals surface area contributed by atoms with E-state index >= 15 is 0 Å². The Morgan fingerprint density at radius 1 is 0.650 bits per heavy atom. The van der Waals surface area contributed by atoms with Gasteiger partial charge in [0.15, 0.2) is 0 Å². The molecule has 2 aromatic carbocycles. The fraction of sp³-hybridized carbons (Fsp3) is 0.500. The minimum atomic E-state index is 0.166. The summed E-state index contributed by atoms with van der Waals surface area (Å²) in [4.78, 5) is 0. The summed E-state index contributed by atoms with van der Waals surface area (Å²) in [5.41, 5.74) is 6.06. The normalized spacial score (nSPS) is 13.0. The molecule has 0 aromatic heterocycles. The molecule has 0 fully saturated rings. The second-order valence-corrected chi connectivity index (χ2v) is 8.15. The first-order valence-electron chi connectivity index (χ1n) is 7.57. The zero-order valence-corrected chi connectivity index (χ0v) is 14.3.